The van der Waals surface area contributed by atoms with E-state index in [4.69, 9.17) is 4.74 Å². The summed E-state index contributed by atoms with van der Waals surface area (Å²) in [7, 11) is 1.39. The Hall–Kier alpha value is -2.27. The van der Waals surface area contributed by atoms with Crippen LogP contribution >= 0.6 is 0 Å². The van der Waals surface area contributed by atoms with Crippen molar-refractivity contribution in [3.63, 3.8) is 0 Å². The van der Waals surface area contributed by atoms with Crippen molar-refractivity contribution in [2.24, 2.45) is 0 Å². The van der Waals surface area contributed by atoms with Gasteiger partial charge in [0.2, 0.25) is 0 Å². The monoisotopic (exact) mass is 297 g/mol. The van der Waals surface area contributed by atoms with Crippen molar-refractivity contribution < 1.29 is 9.53 Å². The normalized spacial score (nSPS) is 21.3. The molecule has 0 radical (unpaired) electrons. The second-order valence-corrected chi connectivity index (χ2v) is 5.49. The molecule has 5 heteroatoms. The molecule has 2 atom stereocenters. The van der Waals surface area contributed by atoms with E-state index >= 15 is 0 Å². The highest BCUT2D eigenvalue weighted by atomic mass is 16.5. The molecule has 2 aromatic rings. The van der Waals surface area contributed by atoms with Crippen LogP contribution in [0.25, 0.3) is 0 Å². The minimum absolute atomic E-state index is 0.271. The van der Waals surface area contributed by atoms with Crippen LogP contribution in [0, 0.1) is 0 Å². The molecule has 0 aliphatic carbocycles. The number of ether oxygens (including phenoxy) is 1. The van der Waals surface area contributed by atoms with E-state index in [9.17, 15) is 4.79 Å². The lowest BCUT2D eigenvalue weighted by Crippen LogP contribution is -2.31. The van der Waals surface area contributed by atoms with Gasteiger partial charge in [-0.3, -0.25) is 0 Å². The minimum atomic E-state index is -0.305. The number of aromatic nitrogens is 2. The van der Waals surface area contributed by atoms with E-state index in [0.717, 1.165) is 25.1 Å². The molecule has 1 aromatic carbocycles. The second-order valence-electron chi connectivity index (χ2n) is 5.49. The number of esters is 1. The van der Waals surface area contributed by atoms with Gasteiger partial charge >= 0.3 is 5.97 Å². The molecule has 1 unspecified atom stereocenters. The van der Waals surface area contributed by atoms with Gasteiger partial charge in [-0.25, -0.2) is 4.79 Å². The predicted molar refractivity (Wildman–Crippen MR) is 82.5 cm³/mol. The first-order chi connectivity index (χ1) is 10.8. The highest BCUT2D eigenvalue weighted by Gasteiger charge is 2.25. The van der Waals surface area contributed by atoms with E-state index in [2.05, 4.69) is 15.5 Å². The number of nitrogens with one attached hydrogen (secondary N) is 1. The van der Waals surface area contributed by atoms with E-state index in [-0.39, 0.29) is 12.0 Å². The van der Waals surface area contributed by atoms with Gasteiger partial charge in [0, 0.05) is 18.2 Å². The van der Waals surface area contributed by atoms with Crippen molar-refractivity contribution in [3.8, 4) is 0 Å². The fraction of sp³-hybridized carbons (Fsp3) is 0.353. The molecule has 1 N–H and O–H groups in total. The quantitative estimate of drug-likeness (QED) is 0.882. The number of nitrogens with zero attached hydrogens (tertiary/aromatic N) is 2. The highest BCUT2D eigenvalue weighted by Crippen LogP contribution is 2.33. The van der Waals surface area contributed by atoms with Crippen molar-refractivity contribution in [2.75, 3.05) is 13.7 Å². The molecule has 0 saturated carbocycles. The first-order valence-corrected chi connectivity index (χ1v) is 7.47. The van der Waals surface area contributed by atoms with Gasteiger partial charge in [-0.2, -0.15) is 10.2 Å². The van der Waals surface area contributed by atoms with Crippen molar-refractivity contribution in [3.05, 3.63) is 59.4 Å². The minimum Gasteiger partial charge on any atom is -0.465 e. The highest BCUT2D eigenvalue weighted by molar-refractivity contribution is 5.89. The third-order valence-corrected chi connectivity index (χ3v) is 4.15. The molecule has 1 aliphatic rings. The fourth-order valence-corrected chi connectivity index (χ4v) is 2.94. The number of hydrogen-bond donors (Lipinski definition) is 1. The Labute approximate surface area is 129 Å². The maximum atomic E-state index is 11.5. The largest absolute Gasteiger partial charge is 0.465 e. The maximum Gasteiger partial charge on any atom is 0.337 e. The Morgan fingerprint density at radius 3 is 2.77 bits per heavy atom. The average molecular weight is 297 g/mol. The van der Waals surface area contributed by atoms with Crippen molar-refractivity contribution >= 4 is 5.97 Å². The van der Waals surface area contributed by atoms with Gasteiger partial charge in [-0.05, 0) is 49.2 Å². The van der Waals surface area contributed by atoms with E-state index < -0.39 is 0 Å². The number of rotatable bonds is 3. The Morgan fingerprint density at radius 1 is 1.27 bits per heavy atom. The topological polar surface area (TPSA) is 64.1 Å². The predicted octanol–water partition coefficient (Wildman–Crippen LogP) is 2.47. The maximum absolute atomic E-state index is 11.5. The molecular formula is C17H19N3O2. The molecule has 2 heterocycles. The Kier molecular flexibility index (Phi) is 4.44. The lowest BCUT2D eigenvalue weighted by Gasteiger charge is -2.30. The lowest BCUT2D eigenvalue weighted by molar-refractivity contribution is 0.0600. The third-order valence-electron chi connectivity index (χ3n) is 4.15. The SMILES string of the molecule is COC(=O)c1ccc([C@@H]2CC(c3cccnn3)CCN2)cc1. The number of carbonyl (C=O) groups is 1. The van der Waals surface area contributed by atoms with Crippen LogP contribution in [-0.4, -0.2) is 29.8 Å². The van der Waals surface area contributed by atoms with Gasteiger partial charge in [0.1, 0.15) is 0 Å². The number of benzene rings is 1. The molecule has 1 aromatic heterocycles. The van der Waals surface area contributed by atoms with E-state index in [0.29, 0.717) is 11.5 Å². The van der Waals surface area contributed by atoms with Gasteiger partial charge in [0.15, 0.2) is 0 Å². The van der Waals surface area contributed by atoms with Gasteiger partial charge in [0.05, 0.1) is 18.4 Å². The molecule has 1 aliphatic heterocycles. The van der Waals surface area contributed by atoms with E-state index in [1.165, 1.54) is 12.7 Å². The zero-order valence-electron chi connectivity index (χ0n) is 12.5. The number of piperidine rings is 1. The smallest absolute Gasteiger partial charge is 0.337 e. The Bertz CT molecular complexity index is 628. The first kappa shape index (κ1) is 14.7. The summed E-state index contributed by atoms with van der Waals surface area (Å²) in [6.07, 6.45) is 3.75. The lowest BCUT2D eigenvalue weighted by atomic mass is 9.86. The third kappa shape index (κ3) is 3.14. The number of methoxy groups -OCH3 is 1. The van der Waals surface area contributed by atoms with Crippen molar-refractivity contribution in [2.45, 2.75) is 24.8 Å². The van der Waals surface area contributed by atoms with Crippen LogP contribution in [-0.2, 0) is 4.74 Å². The van der Waals surface area contributed by atoms with E-state index in [1.54, 1.807) is 6.20 Å². The van der Waals surface area contributed by atoms with Crippen LogP contribution in [0.2, 0.25) is 0 Å². The average Bonchev–Trinajstić information content (AvgIpc) is 2.62. The summed E-state index contributed by atoms with van der Waals surface area (Å²) < 4.78 is 4.73. The standard InChI is InChI=1S/C17H19N3O2/c1-22-17(21)13-6-4-12(5-7-13)16-11-14(8-10-18-16)15-3-2-9-19-20-15/h2-7,9,14,16,18H,8,10-11H2,1H3/t14?,16-/m0/s1. The molecule has 22 heavy (non-hydrogen) atoms. The van der Waals surface area contributed by atoms with Crippen molar-refractivity contribution in [1.82, 2.24) is 15.5 Å². The molecule has 1 saturated heterocycles. The van der Waals surface area contributed by atoms with Crippen LogP contribution in [0.5, 0.6) is 0 Å². The summed E-state index contributed by atoms with van der Waals surface area (Å²) in [4.78, 5) is 11.5. The first-order valence-electron chi connectivity index (χ1n) is 7.47. The number of carbonyl (C=O) groups excluding carboxylic acids is 1. The van der Waals surface area contributed by atoms with Crippen LogP contribution < -0.4 is 5.32 Å². The molecule has 0 spiro atoms. The molecule has 3 rings (SSSR count). The van der Waals surface area contributed by atoms with Crippen LogP contribution in [0.15, 0.2) is 42.6 Å². The van der Waals surface area contributed by atoms with E-state index in [1.807, 2.05) is 36.4 Å². The van der Waals surface area contributed by atoms with Gasteiger partial charge < -0.3 is 10.1 Å². The van der Waals surface area contributed by atoms with Crippen LogP contribution in [0.1, 0.15) is 46.4 Å². The molecule has 0 bridgehead atoms. The molecular weight excluding hydrogens is 278 g/mol. The Balaban J connectivity index is 1.73. The summed E-state index contributed by atoms with van der Waals surface area (Å²) >= 11 is 0. The zero-order chi connectivity index (χ0) is 15.4. The summed E-state index contributed by atoms with van der Waals surface area (Å²) in [6.45, 7) is 0.949. The van der Waals surface area contributed by atoms with Crippen LogP contribution in [0.4, 0.5) is 0 Å². The van der Waals surface area contributed by atoms with Crippen LogP contribution in [0.3, 0.4) is 0 Å². The summed E-state index contributed by atoms with van der Waals surface area (Å²) in [6, 6.07) is 11.9. The second kappa shape index (κ2) is 6.66. The van der Waals surface area contributed by atoms with Crippen molar-refractivity contribution in [1.29, 1.82) is 0 Å². The molecule has 0 amide bonds. The van der Waals surface area contributed by atoms with Gasteiger partial charge in [-0.1, -0.05) is 12.1 Å². The zero-order valence-corrected chi connectivity index (χ0v) is 12.5. The fourth-order valence-electron chi connectivity index (χ4n) is 2.94. The number of hydrogen-bond acceptors (Lipinski definition) is 5. The summed E-state index contributed by atoms with van der Waals surface area (Å²) in [5.41, 5.74) is 2.81. The summed E-state index contributed by atoms with van der Waals surface area (Å²) in [5.74, 6) is 0.112. The molecule has 114 valence electrons. The Morgan fingerprint density at radius 2 is 2.09 bits per heavy atom. The molecule has 5 nitrogen and oxygen atoms in total. The molecule has 1 fully saturated rings. The summed E-state index contributed by atoms with van der Waals surface area (Å²) in [5, 5.41) is 11.7. The van der Waals surface area contributed by atoms with Gasteiger partial charge in [0.25, 0.3) is 0 Å². The van der Waals surface area contributed by atoms with Gasteiger partial charge in [-0.15, -0.1) is 0 Å².